The molecule has 0 saturated carbocycles. The molecule has 19 heavy (non-hydrogen) atoms. The smallest absolute Gasteiger partial charge is 0.292 e. The highest BCUT2D eigenvalue weighted by Crippen LogP contribution is 2.31. The summed E-state index contributed by atoms with van der Waals surface area (Å²) in [7, 11) is 2.89. The Hall–Kier alpha value is -1.41. The summed E-state index contributed by atoms with van der Waals surface area (Å²) in [6.07, 6.45) is 0.384. The molecule has 0 fully saturated rings. The summed E-state index contributed by atoms with van der Waals surface area (Å²) in [6.45, 7) is 2.92. The second-order valence-corrected chi connectivity index (χ2v) is 4.61. The third-order valence-corrected chi connectivity index (χ3v) is 3.60. The van der Waals surface area contributed by atoms with E-state index in [-0.39, 0.29) is 12.1 Å². The predicted molar refractivity (Wildman–Crippen MR) is 72.4 cm³/mol. The molecular formula is C11H16BrN3O4. The van der Waals surface area contributed by atoms with Gasteiger partial charge in [-0.3, -0.25) is 14.5 Å². The summed E-state index contributed by atoms with van der Waals surface area (Å²) in [5, 5.41) is 4.08. The van der Waals surface area contributed by atoms with Crippen LogP contribution >= 0.6 is 15.9 Å². The number of hydrazone groups is 1. The second kappa shape index (κ2) is 7.25. The Kier molecular flexibility index (Phi) is 5.97. The Morgan fingerprint density at radius 2 is 2.16 bits per heavy atom. The average Bonchev–Trinajstić information content (AvgIpc) is 3.02. The fourth-order valence-corrected chi connectivity index (χ4v) is 2.26. The number of carbonyl (C=O) groups excluding carboxylic acids is 2. The van der Waals surface area contributed by atoms with Gasteiger partial charge in [-0.25, -0.2) is 0 Å². The molecule has 0 radical (unpaired) electrons. The van der Waals surface area contributed by atoms with Crippen LogP contribution in [0, 0.1) is 0 Å². The van der Waals surface area contributed by atoms with Gasteiger partial charge >= 0.3 is 0 Å². The number of hydrogen-bond acceptors (Lipinski definition) is 6. The van der Waals surface area contributed by atoms with Gasteiger partial charge < -0.3 is 14.9 Å². The third kappa shape index (κ3) is 3.32. The van der Waals surface area contributed by atoms with Crippen molar-refractivity contribution in [1.82, 2.24) is 10.3 Å². The van der Waals surface area contributed by atoms with E-state index in [2.05, 4.69) is 31.2 Å². The molecule has 1 amide bonds. The monoisotopic (exact) mass is 333 g/mol. The fraction of sp³-hybridized carbons (Fsp3) is 0.545. The quantitative estimate of drug-likeness (QED) is 0.747. The van der Waals surface area contributed by atoms with E-state index in [0.717, 1.165) is 23.3 Å². The van der Waals surface area contributed by atoms with Gasteiger partial charge in [-0.2, -0.15) is 5.10 Å². The number of halogens is 1. The normalized spacial score (nSPS) is 21.7. The van der Waals surface area contributed by atoms with Crippen molar-refractivity contribution in [3.8, 4) is 0 Å². The minimum Gasteiger partial charge on any atom is -0.471 e. The molecule has 0 aromatic heterocycles. The van der Waals surface area contributed by atoms with E-state index in [1.54, 1.807) is 18.9 Å². The van der Waals surface area contributed by atoms with Crippen molar-refractivity contribution < 1.29 is 19.1 Å². The van der Waals surface area contributed by atoms with Gasteiger partial charge in [0.25, 0.3) is 12.4 Å². The van der Waals surface area contributed by atoms with Crippen LogP contribution in [0.1, 0.15) is 13.3 Å². The summed E-state index contributed by atoms with van der Waals surface area (Å²) in [5.41, 5.74) is 3.53. The first-order valence-electron chi connectivity index (χ1n) is 5.57. The van der Waals surface area contributed by atoms with E-state index < -0.39 is 0 Å². The SMILES string of the molecule is COC1C(Br)=C(C)C(=O)N1C1=NNCC1.COC=O. The zero-order chi connectivity index (χ0) is 14.4. The molecule has 0 bridgehead atoms. The number of amidine groups is 1. The van der Waals surface area contributed by atoms with Crippen LogP contribution in [-0.2, 0) is 19.1 Å². The van der Waals surface area contributed by atoms with Crippen LogP contribution in [0.4, 0.5) is 0 Å². The predicted octanol–water partition coefficient (Wildman–Crippen LogP) is 0.566. The topological polar surface area (TPSA) is 80.2 Å². The summed E-state index contributed by atoms with van der Waals surface area (Å²) in [4.78, 5) is 22.5. The molecule has 1 unspecified atom stereocenters. The Morgan fingerprint density at radius 3 is 2.58 bits per heavy atom. The molecule has 7 nitrogen and oxygen atoms in total. The molecular weight excluding hydrogens is 318 g/mol. The number of nitrogens with one attached hydrogen (secondary N) is 1. The lowest BCUT2D eigenvalue weighted by molar-refractivity contribution is -0.127. The summed E-state index contributed by atoms with van der Waals surface area (Å²) < 4.78 is 9.92. The first kappa shape index (κ1) is 15.6. The van der Waals surface area contributed by atoms with Crippen LogP contribution in [0.25, 0.3) is 0 Å². The first-order valence-corrected chi connectivity index (χ1v) is 6.36. The lowest BCUT2D eigenvalue weighted by Crippen LogP contribution is -2.40. The number of amides is 1. The Balaban J connectivity index is 0.000000399. The maximum absolute atomic E-state index is 11.9. The minimum atomic E-state index is -0.365. The Bertz CT molecular complexity index is 422. The minimum absolute atomic E-state index is 0.0452. The Morgan fingerprint density at radius 1 is 1.53 bits per heavy atom. The van der Waals surface area contributed by atoms with E-state index >= 15 is 0 Å². The maximum Gasteiger partial charge on any atom is 0.292 e. The third-order valence-electron chi connectivity index (χ3n) is 2.62. The van der Waals surface area contributed by atoms with E-state index in [1.165, 1.54) is 7.11 Å². The van der Waals surface area contributed by atoms with Crippen LogP contribution < -0.4 is 5.43 Å². The van der Waals surface area contributed by atoms with Gasteiger partial charge in [0.1, 0.15) is 5.84 Å². The van der Waals surface area contributed by atoms with Crippen molar-refractivity contribution in [2.24, 2.45) is 5.10 Å². The highest BCUT2D eigenvalue weighted by Gasteiger charge is 2.39. The molecule has 0 aromatic rings. The lowest BCUT2D eigenvalue weighted by atomic mass is 10.3. The molecule has 2 aliphatic heterocycles. The van der Waals surface area contributed by atoms with Crippen molar-refractivity contribution in [2.75, 3.05) is 20.8 Å². The zero-order valence-corrected chi connectivity index (χ0v) is 12.6. The van der Waals surface area contributed by atoms with E-state index in [1.807, 2.05) is 0 Å². The van der Waals surface area contributed by atoms with Gasteiger partial charge in [-0.1, -0.05) is 15.9 Å². The molecule has 2 aliphatic rings. The molecule has 0 aromatic carbocycles. The van der Waals surface area contributed by atoms with E-state index in [4.69, 9.17) is 9.53 Å². The number of ether oxygens (including phenoxy) is 2. The summed E-state index contributed by atoms with van der Waals surface area (Å²) >= 11 is 3.37. The van der Waals surface area contributed by atoms with Gasteiger partial charge in [0.2, 0.25) is 0 Å². The van der Waals surface area contributed by atoms with Crippen molar-refractivity contribution in [1.29, 1.82) is 0 Å². The number of hydrogen-bond donors (Lipinski definition) is 1. The lowest BCUT2D eigenvalue weighted by Gasteiger charge is -2.23. The Labute approximate surface area is 119 Å². The van der Waals surface area contributed by atoms with Crippen LogP contribution in [0.2, 0.25) is 0 Å². The summed E-state index contributed by atoms with van der Waals surface area (Å²) in [6, 6.07) is 0. The number of rotatable bonds is 2. The molecule has 1 atom stereocenters. The van der Waals surface area contributed by atoms with Gasteiger partial charge in [-0.15, -0.1) is 0 Å². The second-order valence-electron chi connectivity index (χ2n) is 3.75. The van der Waals surface area contributed by atoms with Crippen LogP contribution in [-0.4, -0.2) is 50.1 Å². The molecule has 2 rings (SSSR count). The molecule has 0 spiro atoms. The first-order chi connectivity index (χ1) is 9.08. The molecule has 106 valence electrons. The molecule has 0 aliphatic carbocycles. The van der Waals surface area contributed by atoms with Crippen molar-refractivity contribution in [3.63, 3.8) is 0 Å². The van der Waals surface area contributed by atoms with Gasteiger partial charge in [-0.05, 0) is 6.92 Å². The van der Waals surface area contributed by atoms with Crippen LogP contribution in [0.3, 0.4) is 0 Å². The number of methoxy groups -OCH3 is 2. The molecule has 8 heteroatoms. The van der Waals surface area contributed by atoms with Crippen molar-refractivity contribution in [2.45, 2.75) is 19.6 Å². The van der Waals surface area contributed by atoms with Crippen LogP contribution in [0.15, 0.2) is 15.2 Å². The standard InChI is InChI=1S/C9H12BrN3O2.C2H4O2/c1-5-7(10)9(15-2)13(8(5)14)6-3-4-11-12-6;1-4-2-3/h9,11H,3-4H2,1-2H3;2H,1H3. The van der Waals surface area contributed by atoms with Crippen molar-refractivity contribution in [3.05, 3.63) is 10.1 Å². The van der Waals surface area contributed by atoms with E-state index in [0.29, 0.717) is 12.0 Å². The zero-order valence-electron chi connectivity index (χ0n) is 11.0. The van der Waals surface area contributed by atoms with Gasteiger partial charge in [0, 0.05) is 25.6 Å². The van der Waals surface area contributed by atoms with Crippen molar-refractivity contribution >= 4 is 34.1 Å². The number of carbonyl (C=O) groups is 2. The average molecular weight is 334 g/mol. The number of nitrogens with zero attached hydrogens (tertiary/aromatic N) is 2. The molecule has 2 heterocycles. The largest absolute Gasteiger partial charge is 0.471 e. The van der Waals surface area contributed by atoms with Crippen LogP contribution in [0.5, 0.6) is 0 Å². The van der Waals surface area contributed by atoms with Gasteiger partial charge in [0.05, 0.1) is 11.6 Å². The molecule has 1 N–H and O–H groups in total. The highest BCUT2D eigenvalue weighted by molar-refractivity contribution is 9.11. The highest BCUT2D eigenvalue weighted by atomic mass is 79.9. The van der Waals surface area contributed by atoms with E-state index in [9.17, 15) is 4.79 Å². The maximum atomic E-state index is 11.9. The van der Waals surface area contributed by atoms with Gasteiger partial charge in [0.15, 0.2) is 6.23 Å². The summed E-state index contributed by atoms with van der Waals surface area (Å²) in [5.74, 6) is 0.692. The molecule has 0 saturated heterocycles. The fourth-order valence-electron chi connectivity index (χ4n) is 1.69.